The summed E-state index contributed by atoms with van der Waals surface area (Å²) >= 11 is 0. The summed E-state index contributed by atoms with van der Waals surface area (Å²) in [5.74, 6) is 0. The number of hydrogen-bond acceptors (Lipinski definition) is 4. The highest BCUT2D eigenvalue weighted by Gasteiger charge is 2.27. The Morgan fingerprint density at radius 1 is 1.25 bits per heavy atom. The van der Waals surface area contributed by atoms with Crippen molar-refractivity contribution >= 4 is 6.09 Å². The summed E-state index contributed by atoms with van der Waals surface area (Å²) in [5.41, 5.74) is -0.476. The average molecular weight is 286 g/mol. The molecule has 118 valence electrons. The maximum atomic E-state index is 11.9. The van der Waals surface area contributed by atoms with Gasteiger partial charge in [-0.3, -0.25) is 0 Å². The molecule has 0 aromatic rings. The van der Waals surface area contributed by atoms with E-state index < -0.39 is 5.60 Å². The molecule has 1 saturated carbocycles. The molecule has 5 heteroatoms. The molecule has 3 N–H and O–H groups in total. The number of amides is 1. The fourth-order valence-corrected chi connectivity index (χ4v) is 2.56. The number of ether oxygens (including phenoxy) is 1. The van der Waals surface area contributed by atoms with Crippen LogP contribution in [-0.2, 0) is 4.74 Å². The molecule has 0 aliphatic heterocycles. The Kier molecular flexibility index (Phi) is 6.76. The molecule has 0 aromatic carbocycles. The molecular weight excluding hydrogens is 256 g/mol. The van der Waals surface area contributed by atoms with Crippen molar-refractivity contribution in [2.24, 2.45) is 0 Å². The van der Waals surface area contributed by atoms with Gasteiger partial charge in [0.2, 0.25) is 0 Å². The van der Waals surface area contributed by atoms with E-state index in [0.29, 0.717) is 0 Å². The van der Waals surface area contributed by atoms with Crippen molar-refractivity contribution in [2.45, 2.75) is 83.5 Å². The van der Waals surface area contributed by atoms with E-state index in [1.807, 2.05) is 27.7 Å². The second-order valence-corrected chi connectivity index (χ2v) is 6.75. The van der Waals surface area contributed by atoms with Crippen LogP contribution in [-0.4, -0.2) is 41.5 Å². The lowest BCUT2D eigenvalue weighted by Crippen LogP contribution is -2.53. The van der Waals surface area contributed by atoms with Gasteiger partial charge in [-0.25, -0.2) is 4.79 Å². The van der Waals surface area contributed by atoms with Crippen molar-refractivity contribution in [1.82, 2.24) is 10.6 Å². The lowest BCUT2D eigenvalue weighted by Gasteiger charge is -2.30. The standard InChI is InChI=1S/C15H30N2O3/c1-11(10-18)16-12-8-6-5-7-9-13(12)17-14(19)20-15(2,3)4/h11-13,16,18H,5-10H2,1-4H3,(H,17,19)/t11-,12-,13+/m1/s1. The van der Waals surface area contributed by atoms with E-state index >= 15 is 0 Å². The van der Waals surface area contributed by atoms with E-state index in [9.17, 15) is 9.90 Å². The van der Waals surface area contributed by atoms with Crippen LogP contribution in [0.15, 0.2) is 0 Å². The van der Waals surface area contributed by atoms with Crippen LogP contribution in [0.3, 0.4) is 0 Å². The second-order valence-electron chi connectivity index (χ2n) is 6.75. The molecule has 0 unspecified atom stereocenters. The Hall–Kier alpha value is -0.810. The van der Waals surface area contributed by atoms with Gasteiger partial charge in [0, 0.05) is 18.1 Å². The Labute approximate surface area is 122 Å². The van der Waals surface area contributed by atoms with E-state index in [2.05, 4.69) is 10.6 Å². The third-order valence-corrected chi connectivity index (χ3v) is 3.49. The summed E-state index contributed by atoms with van der Waals surface area (Å²) in [7, 11) is 0. The van der Waals surface area contributed by atoms with Crippen molar-refractivity contribution in [1.29, 1.82) is 0 Å². The van der Waals surface area contributed by atoms with Gasteiger partial charge in [0.25, 0.3) is 0 Å². The van der Waals surface area contributed by atoms with E-state index in [0.717, 1.165) is 25.7 Å². The van der Waals surface area contributed by atoms with E-state index in [4.69, 9.17) is 4.74 Å². The van der Waals surface area contributed by atoms with Crippen LogP contribution in [0, 0.1) is 0 Å². The molecule has 0 spiro atoms. The summed E-state index contributed by atoms with van der Waals surface area (Å²) < 4.78 is 5.33. The largest absolute Gasteiger partial charge is 0.444 e. The summed E-state index contributed by atoms with van der Waals surface area (Å²) in [6.07, 6.45) is 5.08. The number of aliphatic hydroxyl groups excluding tert-OH is 1. The maximum Gasteiger partial charge on any atom is 0.407 e. The number of carbonyl (C=O) groups excluding carboxylic acids is 1. The number of alkyl carbamates (subject to hydrolysis) is 1. The summed E-state index contributed by atoms with van der Waals surface area (Å²) in [6.45, 7) is 7.65. The lowest BCUT2D eigenvalue weighted by molar-refractivity contribution is 0.0487. The van der Waals surface area contributed by atoms with Crippen LogP contribution >= 0.6 is 0 Å². The van der Waals surface area contributed by atoms with E-state index in [-0.39, 0.29) is 30.8 Å². The van der Waals surface area contributed by atoms with Gasteiger partial charge in [-0.05, 0) is 40.5 Å². The van der Waals surface area contributed by atoms with Crippen molar-refractivity contribution in [3.05, 3.63) is 0 Å². The molecule has 1 fully saturated rings. The highest BCUT2D eigenvalue weighted by molar-refractivity contribution is 5.68. The molecule has 20 heavy (non-hydrogen) atoms. The van der Waals surface area contributed by atoms with Gasteiger partial charge in [0.05, 0.1) is 6.61 Å². The third-order valence-electron chi connectivity index (χ3n) is 3.49. The fraction of sp³-hybridized carbons (Fsp3) is 0.933. The predicted molar refractivity (Wildman–Crippen MR) is 79.7 cm³/mol. The summed E-state index contributed by atoms with van der Waals surface area (Å²) in [6, 6.07) is 0.314. The van der Waals surface area contributed by atoms with Crippen LogP contribution in [0.4, 0.5) is 4.79 Å². The van der Waals surface area contributed by atoms with Gasteiger partial charge in [0.15, 0.2) is 0 Å². The number of nitrogens with one attached hydrogen (secondary N) is 2. The third kappa shape index (κ3) is 6.57. The van der Waals surface area contributed by atoms with Crippen LogP contribution in [0.5, 0.6) is 0 Å². The molecule has 1 aliphatic carbocycles. The van der Waals surface area contributed by atoms with Crippen molar-refractivity contribution in [3.8, 4) is 0 Å². The molecule has 0 saturated heterocycles. The minimum absolute atomic E-state index is 0.0426. The highest BCUT2D eigenvalue weighted by Crippen LogP contribution is 2.19. The smallest absolute Gasteiger partial charge is 0.407 e. The molecule has 0 radical (unpaired) electrons. The van der Waals surface area contributed by atoms with Gasteiger partial charge in [-0.15, -0.1) is 0 Å². The molecule has 3 atom stereocenters. The quantitative estimate of drug-likeness (QED) is 0.693. The highest BCUT2D eigenvalue weighted by atomic mass is 16.6. The maximum absolute atomic E-state index is 11.9. The first-order valence-electron chi connectivity index (χ1n) is 7.68. The molecule has 0 aromatic heterocycles. The molecule has 5 nitrogen and oxygen atoms in total. The zero-order valence-electron chi connectivity index (χ0n) is 13.2. The Bertz CT molecular complexity index is 302. The minimum atomic E-state index is -0.476. The molecule has 0 bridgehead atoms. The monoisotopic (exact) mass is 286 g/mol. The molecule has 1 amide bonds. The SMILES string of the molecule is C[C@H](CO)N[C@@H]1CCCCC[C@@H]1NC(=O)OC(C)(C)C. The molecular formula is C15H30N2O3. The van der Waals surface area contributed by atoms with Crippen LogP contribution in [0.2, 0.25) is 0 Å². The summed E-state index contributed by atoms with van der Waals surface area (Å²) in [4.78, 5) is 11.9. The van der Waals surface area contributed by atoms with Crippen LogP contribution in [0.25, 0.3) is 0 Å². The van der Waals surface area contributed by atoms with Gasteiger partial charge in [-0.2, -0.15) is 0 Å². The first-order valence-corrected chi connectivity index (χ1v) is 7.68. The lowest BCUT2D eigenvalue weighted by atomic mass is 10.0. The predicted octanol–water partition coefficient (Wildman–Crippen LogP) is 2.18. The summed E-state index contributed by atoms with van der Waals surface area (Å²) in [5, 5.41) is 15.6. The first kappa shape index (κ1) is 17.2. The fourth-order valence-electron chi connectivity index (χ4n) is 2.56. The number of carbonyl (C=O) groups is 1. The van der Waals surface area contributed by atoms with Crippen molar-refractivity contribution < 1.29 is 14.6 Å². The normalized spacial score (nSPS) is 25.6. The van der Waals surface area contributed by atoms with Gasteiger partial charge in [0.1, 0.15) is 5.60 Å². The number of hydrogen-bond donors (Lipinski definition) is 3. The zero-order valence-corrected chi connectivity index (χ0v) is 13.2. The number of rotatable bonds is 4. The van der Waals surface area contributed by atoms with Crippen LogP contribution < -0.4 is 10.6 Å². The van der Waals surface area contributed by atoms with Crippen molar-refractivity contribution in [3.63, 3.8) is 0 Å². The Morgan fingerprint density at radius 3 is 2.40 bits per heavy atom. The molecule has 0 heterocycles. The molecule has 1 rings (SSSR count). The topological polar surface area (TPSA) is 70.6 Å². The van der Waals surface area contributed by atoms with E-state index in [1.54, 1.807) is 0 Å². The average Bonchev–Trinajstić information content (AvgIpc) is 2.53. The Balaban J connectivity index is 2.58. The zero-order chi connectivity index (χ0) is 15.2. The van der Waals surface area contributed by atoms with E-state index in [1.165, 1.54) is 6.42 Å². The van der Waals surface area contributed by atoms with Crippen LogP contribution in [0.1, 0.15) is 59.8 Å². The first-order chi connectivity index (χ1) is 9.31. The van der Waals surface area contributed by atoms with Gasteiger partial charge >= 0.3 is 6.09 Å². The molecule has 1 aliphatic rings. The van der Waals surface area contributed by atoms with Gasteiger partial charge < -0.3 is 20.5 Å². The minimum Gasteiger partial charge on any atom is -0.444 e. The second kappa shape index (κ2) is 7.84. The van der Waals surface area contributed by atoms with Crippen molar-refractivity contribution in [2.75, 3.05) is 6.61 Å². The number of aliphatic hydroxyl groups is 1. The Morgan fingerprint density at radius 2 is 1.85 bits per heavy atom. The van der Waals surface area contributed by atoms with Gasteiger partial charge in [-0.1, -0.05) is 19.3 Å².